The molecule has 1 aromatic carbocycles. The first-order valence-corrected chi connectivity index (χ1v) is 9.20. The Bertz CT molecular complexity index is 801. The fourth-order valence-electron chi connectivity index (χ4n) is 4.12. The van der Waals surface area contributed by atoms with Crippen molar-refractivity contribution in [3.8, 4) is 0 Å². The van der Waals surface area contributed by atoms with Gasteiger partial charge in [-0.05, 0) is 49.4 Å². The van der Waals surface area contributed by atoms with Gasteiger partial charge < -0.3 is 9.80 Å². The Kier molecular flexibility index (Phi) is 4.26. The Hall–Kier alpha value is -2.63. The Labute approximate surface area is 152 Å². The highest BCUT2D eigenvalue weighted by atomic mass is 16.2. The molecule has 1 fully saturated rings. The standard InChI is InChI=1S/C20H23N3O3/c1-22(14-5-3-2-4-6-14)15-7-8-16-13(11-15)12-23(20(16)26)17-9-10-18(24)21-19(17)25/h2-3,7-8,11,14,17H,4-6,9-10,12H2,1H3,(H,21,24,25)/t14-,17?/m1/s1. The monoisotopic (exact) mass is 353 g/mol. The molecule has 1 saturated heterocycles. The van der Waals surface area contributed by atoms with E-state index in [1.165, 1.54) is 0 Å². The minimum Gasteiger partial charge on any atom is -0.371 e. The van der Waals surface area contributed by atoms with Gasteiger partial charge in [0.05, 0.1) is 0 Å². The van der Waals surface area contributed by atoms with Crippen molar-refractivity contribution in [1.29, 1.82) is 0 Å². The zero-order chi connectivity index (χ0) is 18.3. The number of allylic oxidation sites excluding steroid dienone is 1. The lowest BCUT2D eigenvalue weighted by molar-refractivity contribution is -0.136. The van der Waals surface area contributed by atoms with Gasteiger partial charge in [-0.25, -0.2) is 0 Å². The van der Waals surface area contributed by atoms with Crippen molar-refractivity contribution in [2.24, 2.45) is 0 Å². The van der Waals surface area contributed by atoms with E-state index in [9.17, 15) is 14.4 Å². The van der Waals surface area contributed by atoms with E-state index in [1.807, 2.05) is 12.1 Å². The lowest BCUT2D eigenvalue weighted by Crippen LogP contribution is -2.52. The number of piperidine rings is 1. The van der Waals surface area contributed by atoms with Crippen LogP contribution in [0.15, 0.2) is 30.4 Å². The highest BCUT2D eigenvalue weighted by Gasteiger charge is 2.39. The number of imide groups is 1. The maximum Gasteiger partial charge on any atom is 0.255 e. The van der Waals surface area contributed by atoms with Crippen molar-refractivity contribution in [2.45, 2.75) is 50.7 Å². The third-order valence-corrected chi connectivity index (χ3v) is 5.70. The summed E-state index contributed by atoms with van der Waals surface area (Å²) in [6.07, 6.45) is 8.39. The van der Waals surface area contributed by atoms with E-state index < -0.39 is 6.04 Å². The SMILES string of the molecule is CN(c1ccc2c(c1)CN(C1CCC(=O)NC1=O)C2=O)[C@@H]1CC=CCC1. The molecule has 2 atom stereocenters. The maximum atomic E-state index is 12.7. The summed E-state index contributed by atoms with van der Waals surface area (Å²) in [4.78, 5) is 40.1. The summed E-state index contributed by atoms with van der Waals surface area (Å²) in [5, 5.41) is 2.34. The molecule has 1 aliphatic carbocycles. The number of nitrogens with zero attached hydrogens (tertiary/aromatic N) is 2. The van der Waals surface area contributed by atoms with Crippen LogP contribution in [-0.4, -0.2) is 41.8 Å². The van der Waals surface area contributed by atoms with Crippen molar-refractivity contribution < 1.29 is 14.4 Å². The van der Waals surface area contributed by atoms with Crippen LogP contribution in [0.25, 0.3) is 0 Å². The molecule has 1 unspecified atom stereocenters. The number of hydrogen-bond acceptors (Lipinski definition) is 4. The van der Waals surface area contributed by atoms with E-state index in [0.29, 0.717) is 24.6 Å². The van der Waals surface area contributed by atoms with Gasteiger partial charge >= 0.3 is 0 Å². The number of fused-ring (bicyclic) bond motifs is 1. The lowest BCUT2D eigenvalue weighted by Gasteiger charge is -2.31. The maximum absolute atomic E-state index is 12.7. The normalized spacial score (nSPS) is 25.3. The fourth-order valence-corrected chi connectivity index (χ4v) is 4.12. The van der Waals surface area contributed by atoms with Crippen LogP contribution in [0.5, 0.6) is 0 Å². The van der Waals surface area contributed by atoms with Crippen LogP contribution in [-0.2, 0) is 16.1 Å². The van der Waals surface area contributed by atoms with Crippen molar-refractivity contribution in [3.63, 3.8) is 0 Å². The van der Waals surface area contributed by atoms with Crippen LogP contribution >= 0.6 is 0 Å². The first kappa shape index (κ1) is 16.8. The molecule has 3 aliphatic rings. The number of carbonyl (C=O) groups excluding carboxylic acids is 3. The summed E-state index contributed by atoms with van der Waals surface area (Å²) >= 11 is 0. The molecule has 2 aliphatic heterocycles. The highest BCUT2D eigenvalue weighted by molar-refractivity contribution is 6.05. The van der Waals surface area contributed by atoms with Gasteiger partial charge in [0.1, 0.15) is 6.04 Å². The van der Waals surface area contributed by atoms with E-state index in [-0.39, 0.29) is 24.1 Å². The average Bonchev–Trinajstić information content (AvgIpc) is 2.98. The van der Waals surface area contributed by atoms with E-state index in [1.54, 1.807) is 4.90 Å². The molecule has 26 heavy (non-hydrogen) atoms. The van der Waals surface area contributed by atoms with Crippen LogP contribution in [0, 0.1) is 0 Å². The van der Waals surface area contributed by atoms with Crippen LogP contribution < -0.4 is 10.2 Å². The van der Waals surface area contributed by atoms with E-state index >= 15 is 0 Å². The highest BCUT2D eigenvalue weighted by Crippen LogP contribution is 2.31. The predicted octanol–water partition coefficient (Wildman–Crippen LogP) is 1.99. The summed E-state index contributed by atoms with van der Waals surface area (Å²) in [6.45, 7) is 0.423. The van der Waals surface area contributed by atoms with Crippen LogP contribution in [0.1, 0.15) is 48.0 Å². The van der Waals surface area contributed by atoms with Gasteiger partial charge in [-0.1, -0.05) is 12.2 Å². The van der Waals surface area contributed by atoms with Crippen molar-refractivity contribution in [1.82, 2.24) is 10.2 Å². The summed E-state index contributed by atoms with van der Waals surface area (Å²) in [7, 11) is 2.10. The topological polar surface area (TPSA) is 69.7 Å². The number of hydrogen-bond donors (Lipinski definition) is 1. The molecule has 1 N–H and O–H groups in total. The molecule has 0 saturated carbocycles. The van der Waals surface area contributed by atoms with Crippen molar-refractivity contribution >= 4 is 23.4 Å². The predicted molar refractivity (Wildman–Crippen MR) is 97.7 cm³/mol. The summed E-state index contributed by atoms with van der Waals surface area (Å²) in [6, 6.07) is 5.84. The van der Waals surface area contributed by atoms with Crippen LogP contribution in [0.4, 0.5) is 5.69 Å². The third-order valence-electron chi connectivity index (χ3n) is 5.70. The minimum absolute atomic E-state index is 0.121. The number of carbonyl (C=O) groups is 3. The third kappa shape index (κ3) is 2.89. The number of amides is 3. The van der Waals surface area contributed by atoms with Crippen molar-refractivity contribution in [3.05, 3.63) is 41.5 Å². The zero-order valence-electron chi connectivity index (χ0n) is 14.9. The Morgan fingerprint density at radius 3 is 2.73 bits per heavy atom. The molecule has 2 heterocycles. The Morgan fingerprint density at radius 1 is 1.15 bits per heavy atom. The fraction of sp³-hybridized carbons (Fsp3) is 0.450. The summed E-state index contributed by atoms with van der Waals surface area (Å²) in [5.74, 6) is -0.751. The largest absolute Gasteiger partial charge is 0.371 e. The Morgan fingerprint density at radius 2 is 2.00 bits per heavy atom. The molecular weight excluding hydrogens is 330 g/mol. The van der Waals surface area contributed by atoms with Gasteiger partial charge in [-0.3, -0.25) is 19.7 Å². The zero-order valence-corrected chi connectivity index (χ0v) is 14.9. The lowest BCUT2D eigenvalue weighted by atomic mass is 9.99. The van der Waals surface area contributed by atoms with E-state index in [4.69, 9.17) is 0 Å². The number of anilines is 1. The molecule has 6 nitrogen and oxygen atoms in total. The molecule has 136 valence electrons. The van der Waals surface area contributed by atoms with Gasteiger partial charge in [0.15, 0.2) is 0 Å². The van der Waals surface area contributed by atoms with Gasteiger partial charge in [0.2, 0.25) is 11.8 Å². The first-order chi connectivity index (χ1) is 12.5. The molecule has 6 heteroatoms. The number of nitrogens with one attached hydrogen (secondary N) is 1. The smallest absolute Gasteiger partial charge is 0.255 e. The quantitative estimate of drug-likeness (QED) is 0.666. The summed E-state index contributed by atoms with van der Waals surface area (Å²) in [5.41, 5.74) is 2.72. The first-order valence-electron chi connectivity index (χ1n) is 9.20. The number of rotatable bonds is 3. The molecule has 0 bridgehead atoms. The number of benzene rings is 1. The second-order valence-corrected chi connectivity index (χ2v) is 7.29. The molecule has 1 aromatic rings. The molecule has 0 radical (unpaired) electrons. The van der Waals surface area contributed by atoms with Gasteiger partial charge in [-0.2, -0.15) is 0 Å². The van der Waals surface area contributed by atoms with Gasteiger partial charge in [0, 0.05) is 37.3 Å². The molecule has 0 aromatic heterocycles. The van der Waals surface area contributed by atoms with Crippen LogP contribution in [0.2, 0.25) is 0 Å². The van der Waals surface area contributed by atoms with Crippen LogP contribution in [0.3, 0.4) is 0 Å². The molecule has 0 spiro atoms. The molecule has 3 amide bonds. The summed E-state index contributed by atoms with van der Waals surface area (Å²) < 4.78 is 0. The molecule has 4 rings (SSSR count). The van der Waals surface area contributed by atoms with Gasteiger partial charge in [-0.15, -0.1) is 0 Å². The Balaban J connectivity index is 1.54. The van der Waals surface area contributed by atoms with E-state index in [0.717, 1.165) is 30.5 Å². The second-order valence-electron chi connectivity index (χ2n) is 7.29. The van der Waals surface area contributed by atoms with Gasteiger partial charge in [0.25, 0.3) is 5.91 Å². The second kappa shape index (κ2) is 6.59. The van der Waals surface area contributed by atoms with E-state index in [2.05, 4.69) is 35.5 Å². The van der Waals surface area contributed by atoms with Crippen molar-refractivity contribution in [2.75, 3.05) is 11.9 Å². The molecular formula is C20H23N3O3. The minimum atomic E-state index is -0.558. The average molecular weight is 353 g/mol.